The molecule has 11 N–H and O–H groups in total. The largest absolute Gasteiger partial charge is 0.480 e. The van der Waals surface area contributed by atoms with Gasteiger partial charge in [0.15, 0.2) is 5.96 Å². The number of rotatable bonds is 16. The van der Waals surface area contributed by atoms with Crippen molar-refractivity contribution in [1.82, 2.24) is 16.0 Å². The van der Waals surface area contributed by atoms with Gasteiger partial charge in [-0.15, -0.1) is 0 Å². The highest BCUT2D eigenvalue weighted by Crippen LogP contribution is 2.08. The lowest BCUT2D eigenvalue weighted by molar-refractivity contribution is -0.142. The number of hydrogen-bond acceptors (Lipinski definition) is 7. The summed E-state index contributed by atoms with van der Waals surface area (Å²) in [6.45, 7) is 3.08. The Hall–Kier alpha value is -3.71. The third kappa shape index (κ3) is 11.3. The van der Waals surface area contributed by atoms with Gasteiger partial charge in [0.1, 0.15) is 18.1 Å². The molecule has 206 valence electrons. The molecule has 0 radical (unpaired) electrons. The van der Waals surface area contributed by atoms with Crippen LogP contribution in [0.1, 0.15) is 38.7 Å². The number of nitrogens with zero attached hydrogens (tertiary/aromatic N) is 1. The van der Waals surface area contributed by atoms with Crippen LogP contribution in [0.15, 0.2) is 35.3 Å². The number of aliphatic carboxylic acids is 1. The van der Waals surface area contributed by atoms with E-state index in [4.69, 9.17) is 17.2 Å². The fourth-order valence-electron chi connectivity index (χ4n) is 3.34. The number of carboxylic acid groups (broad SMARTS) is 1. The number of aliphatic hydroxyl groups excluding tert-OH is 1. The fourth-order valence-corrected chi connectivity index (χ4v) is 3.34. The molecule has 13 nitrogen and oxygen atoms in total. The Kier molecular flexibility index (Phi) is 13.6. The van der Waals surface area contributed by atoms with E-state index in [-0.39, 0.29) is 37.7 Å². The zero-order chi connectivity index (χ0) is 28.0. The third-order valence-corrected chi connectivity index (χ3v) is 5.85. The van der Waals surface area contributed by atoms with E-state index in [1.165, 1.54) is 0 Å². The zero-order valence-electron chi connectivity index (χ0n) is 21.2. The maximum atomic E-state index is 13.1. The number of benzene rings is 1. The first kappa shape index (κ1) is 31.3. The standard InChI is InChI=1S/C24H39N7O6/c1-3-14(2)19(25)22(35)30-17(12-15-8-5-4-6-9-15)20(33)31-18(13-32)21(34)29-16(23(36)37)10-7-11-28-24(26)27/h4-6,8-9,14,16-19,32H,3,7,10-13,25H2,1-2H3,(H,29,34)(H,30,35)(H,31,33)(H,36,37)(H4,26,27,28). The number of amides is 3. The minimum absolute atomic E-state index is 0.0180. The zero-order valence-corrected chi connectivity index (χ0v) is 21.2. The molecule has 0 aliphatic rings. The summed E-state index contributed by atoms with van der Waals surface area (Å²) >= 11 is 0. The Bertz CT molecular complexity index is 923. The Morgan fingerprint density at radius 2 is 1.51 bits per heavy atom. The van der Waals surface area contributed by atoms with Gasteiger partial charge in [-0.25, -0.2) is 4.79 Å². The molecule has 0 spiro atoms. The van der Waals surface area contributed by atoms with Crippen molar-refractivity contribution in [3.63, 3.8) is 0 Å². The number of nitrogens with one attached hydrogen (secondary N) is 3. The molecular formula is C24H39N7O6. The molecule has 0 bridgehead atoms. The SMILES string of the molecule is CCC(C)C(N)C(=O)NC(Cc1ccccc1)C(=O)NC(CO)C(=O)NC(CCCN=C(N)N)C(=O)O. The van der Waals surface area contributed by atoms with Crippen LogP contribution in [0.5, 0.6) is 0 Å². The number of hydrogen-bond donors (Lipinski definition) is 8. The predicted molar refractivity (Wildman–Crippen MR) is 138 cm³/mol. The summed E-state index contributed by atoms with van der Waals surface area (Å²) in [4.78, 5) is 53.8. The van der Waals surface area contributed by atoms with Crippen molar-refractivity contribution in [2.75, 3.05) is 13.2 Å². The minimum atomic E-state index is -1.45. The summed E-state index contributed by atoms with van der Waals surface area (Å²) in [5.74, 6) is -3.72. The molecule has 0 fully saturated rings. The molecule has 0 aromatic heterocycles. The second kappa shape index (κ2) is 16.1. The van der Waals surface area contributed by atoms with Gasteiger partial charge in [-0.05, 0) is 24.3 Å². The van der Waals surface area contributed by atoms with Crippen LogP contribution in [0.2, 0.25) is 0 Å². The van der Waals surface area contributed by atoms with E-state index in [0.29, 0.717) is 6.42 Å². The van der Waals surface area contributed by atoms with Gasteiger partial charge < -0.3 is 43.4 Å². The van der Waals surface area contributed by atoms with Crippen LogP contribution in [0, 0.1) is 5.92 Å². The first-order valence-corrected chi connectivity index (χ1v) is 12.1. The molecule has 0 aliphatic heterocycles. The molecule has 1 aromatic carbocycles. The molecule has 1 aromatic rings. The number of nitrogens with two attached hydrogens (primary N) is 3. The van der Waals surface area contributed by atoms with E-state index in [0.717, 1.165) is 5.56 Å². The maximum absolute atomic E-state index is 13.1. The molecule has 0 saturated carbocycles. The van der Waals surface area contributed by atoms with Gasteiger partial charge in [0.25, 0.3) is 0 Å². The first-order chi connectivity index (χ1) is 17.5. The molecule has 37 heavy (non-hydrogen) atoms. The van der Waals surface area contributed by atoms with Crippen LogP contribution in [0.4, 0.5) is 0 Å². The lowest BCUT2D eigenvalue weighted by atomic mass is 9.98. The Labute approximate surface area is 216 Å². The smallest absolute Gasteiger partial charge is 0.326 e. The van der Waals surface area contributed by atoms with E-state index in [2.05, 4.69) is 20.9 Å². The molecule has 1 rings (SSSR count). The van der Waals surface area contributed by atoms with Crippen LogP contribution in [0.3, 0.4) is 0 Å². The summed E-state index contributed by atoms with van der Waals surface area (Å²) in [6.07, 6.45) is 1.05. The van der Waals surface area contributed by atoms with Crippen molar-refractivity contribution in [2.24, 2.45) is 28.1 Å². The summed E-state index contributed by atoms with van der Waals surface area (Å²) in [5, 5.41) is 26.5. The quantitative estimate of drug-likeness (QED) is 0.0694. The van der Waals surface area contributed by atoms with Crippen molar-refractivity contribution in [2.45, 2.75) is 63.7 Å². The number of carboxylic acids is 1. The predicted octanol–water partition coefficient (Wildman–Crippen LogP) is -1.81. The summed E-state index contributed by atoms with van der Waals surface area (Å²) in [5.41, 5.74) is 17.2. The van der Waals surface area contributed by atoms with Gasteiger partial charge in [0.05, 0.1) is 12.6 Å². The first-order valence-electron chi connectivity index (χ1n) is 12.1. The second-order valence-corrected chi connectivity index (χ2v) is 8.75. The molecule has 0 heterocycles. The lowest BCUT2D eigenvalue weighted by Crippen LogP contribution is -2.59. The van der Waals surface area contributed by atoms with Crippen molar-refractivity contribution in [3.05, 3.63) is 35.9 Å². The van der Waals surface area contributed by atoms with Crippen LogP contribution in [-0.2, 0) is 25.6 Å². The highest BCUT2D eigenvalue weighted by molar-refractivity contribution is 5.94. The van der Waals surface area contributed by atoms with Crippen LogP contribution in [0.25, 0.3) is 0 Å². The molecule has 5 atom stereocenters. The number of carbonyl (C=O) groups excluding carboxylic acids is 3. The van der Waals surface area contributed by atoms with E-state index in [1.54, 1.807) is 30.3 Å². The summed E-state index contributed by atoms with van der Waals surface area (Å²) in [7, 11) is 0. The van der Waals surface area contributed by atoms with Crippen molar-refractivity contribution >= 4 is 29.7 Å². The number of carbonyl (C=O) groups is 4. The summed E-state index contributed by atoms with van der Waals surface area (Å²) in [6, 6.07) is 4.23. The average molecular weight is 522 g/mol. The van der Waals surface area contributed by atoms with E-state index >= 15 is 0 Å². The van der Waals surface area contributed by atoms with E-state index in [9.17, 15) is 29.4 Å². The van der Waals surface area contributed by atoms with Gasteiger partial charge in [0, 0.05) is 13.0 Å². The molecule has 13 heteroatoms. The van der Waals surface area contributed by atoms with Gasteiger partial charge in [-0.2, -0.15) is 0 Å². The van der Waals surface area contributed by atoms with Gasteiger partial charge >= 0.3 is 5.97 Å². The van der Waals surface area contributed by atoms with Crippen molar-refractivity contribution < 1.29 is 29.4 Å². The molecule has 5 unspecified atom stereocenters. The molecule has 3 amide bonds. The van der Waals surface area contributed by atoms with Crippen LogP contribution in [-0.4, -0.2) is 77.2 Å². The number of aliphatic hydroxyl groups is 1. The number of aliphatic imine (C=N–C) groups is 1. The topological polar surface area (TPSA) is 235 Å². The third-order valence-electron chi connectivity index (χ3n) is 5.85. The van der Waals surface area contributed by atoms with E-state index in [1.807, 2.05) is 13.8 Å². The van der Waals surface area contributed by atoms with Crippen molar-refractivity contribution in [1.29, 1.82) is 0 Å². The van der Waals surface area contributed by atoms with Gasteiger partial charge in [-0.1, -0.05) is 50.6 Å². The Balaban J connectivity index is 2.94. The maximum Gasteiger partial charge on any atom is 0.326 e. The monoisotopic (exact) mass is 521 g/mol. The second-order valence-electron chi connectivity index (χ2n) is 8.75. The molecule has 0 saturated heterocycles. The van der Waals surface area contributed by atoms with Crippen molar-refractivity contribution in [3.8, 4) is 0 Å². The fraction of sp³-hybridized carbons (Fsp3) is 0.542. The number of guanidine groups is 1. The van der Waals surface area contributed by atoms with Gasteiger partial charge in [0.2, 0.25) is 17.7 Å². The van der Waals surface area contributed by atoms with Crippen LogP contribution < -0.4 is 33.2 Å². The normalized spacial score (nSPS) is 14.8. The molecule has 0 aliphatic carbocycles. The minimum Gasteiger partial charge on any atom is -0.480 e. The Morgan fingerprint density at radius 1 is 0.946 bits per heavy atom. The van der Waals surface area contributed by atoms with Crippen LogP contribution >= 0.6 is 0 Å². The average Bonchev–Trinajstić information content (AvgIpc) is 2.87. The summed E-state index contributed by atoms with van der Waals surface area (Å²) < 4.78 is 0. The van der Waals surface area contributed by atoms with E-state index < -0.39 is 54.5 Å². The molecular weight excluding hydrogens is 482 g/mol. The van der Waals surface area contributed by atoms with Gasteiger partial charge in [-0.3, -0.25) is 19.4 Å². The highest BCUT2D eigenvalue weighted by atomic mass is 16.4. The highest BCUT2D eigenvalue weighted by Gasteiger charge is 2.30. The Morgan fingerprint density at radius 3 is 2.05 bits per heavy atom. The lowest BCUT2D eigenvalue weighted by Gasteiger charge is -2.25.